The van der Waals surface area contributed by atoms with Crippen molar-refractivity contribution in [2.45, 2.75) is 45.4 Å². The van der Waals surface area contributed by atoms with Crippen LogP contribution < -0.4 is 0 Å². The predicted molar refractivity (Wildman–Crippen MR) is 107 cm³/mol. The van der Waals surface area contributed by atoms with Crippen LogP contribution in [-0.4, -0.2) is 54.1 Å². The predicted octanol–water partition coefficient (Wildman–Crippen LogP) is 3.38. The lowest BCUT2D eigenvalue weighted by Crippen LogP contribution is -2.34. The Morgan fingerprint density at radius 2 is 1.50 bits per heavy atom. The highest BCUT2D eigenvalue weighted by Gasteiger charge is 2.13. The molecule has 0 N–H and O–H groups in total. The van der Waals surface area contributed by atoms with Crippen LogP contribution >= 0.6 is 0 Å². The van der Waals surface area contributed by atoms with Gasteiger partial charge in [-0.15, -0.1) is 0 Å². The number of carbonyl (C=O) groups is 3. The molecule has 0 aliphatic carbocycles. The molecule has 5 heteroatoms. The van der Waals surface area contributed by atoms with Crippen LogP contribution in [-0.2, 0) is 14.4 Å². The first-order chi connectivity index (χ1) is 12.4. The Morgan fingerprint density at radius 1 is 0.885 bits per heavy atom. The third-order valence-corrected chi connectivity index (χ3v) is 4.60. The highest BCUT2D eigenvalue weighted by molar-refractivity contribution is 5.89. The lowest BCUT2D eigenvalue weighted by Gasteiger charge is -2.24. The van der Waals surface area contributed by atoms with Crippen LogP contribution in [0.15, 0.2) is 38.0 Å². The van der Waals surface area contributed by atoms with Crippen molar-refractivity contribution >= 4 is 17.6 Å². The molecule has 0 bridgehead atoms. The molecule has 0 spiro atoms. The lowest BCUT2D eigenvalue weighted by atomic mass is 9.94. The number of carbonyl (C=O) groups excluding carboxylic acids is 3. The van der Waals surface area contributed by atoms with E-state index in [1.165, 1.54) is 18.2 Å². The van der Waals surface area contributed by atoms with E-state index in [0.717, 1.165) is 25.7 Å². The van der Waals surface area contributed by atoms with E-state index >= 15 is 0 Å². The molecule has 0 rings (SSSR count). The van der Waals surface area contributed by atoms with Crippen molar-refractivity contribution in [1.29, 1.82) is 0 Å². The van der Waals surface area contributed by atoms with Gasteiger partial charge in [-0.05, 0) is 49.8 Å². The third kappa shape index (κ3) is 9.97. The summed E-state index contributed by atoms with van der Waals surface area (Å²) >= 11 is 0. The van der Waals surface area contributed by atoms with Gasteiger partial charge in [0, 0.05) is 33.1 Å². The molecule has 0 aromatic carbocycles. The number of ketones is 1. The van der Waals surface area contributed by atoms with Crippen LogP contribution in [0, 0.1) is 5.92 Å². The van der Waals surface area contributed by atoms with E-state index in [4.69, 9.17) is 0 Å². The van der Waals surface area contributed by atoms with Gasteiger partial charge in [0.1, 0.15) is 0 Å². The second kappa shape index (κ2) is 14.0. The summed E-state index contributed by atoms with van der Waals surface area (Å²) in [6.45, 7) is 14.5. The first kappa shape index (κ1) is 23.8. The molecule has 0 aromatic heterocycles. The maximum Gasteiger partial charge on any atom is 0.245 e. The number of likely N-dealkylation sites (N-methyl/N-ethyl adjacent to an activating group) is 1. The van der Waals surface area contributed by atoms with Crippen LogP contribution in [0.4, 0.5) is 0 Å². The van der Waals surface area contributed by atoms with Crippen molar-refractivity contribution in [2.75, 3.05) is 26.7 Å². The summed E-state index contributed by atoms with van der Waals surface area (Å²) in [5, 5.41) is 0. The minimum absolute atomic E-state index is 0.0856. The SMILES string of the molecule is C=CC(=O)CCC(CC)CCCN(CCCN(C)C(=O)C=C)C(=O)C=C. The van der Waals surface area contributed by atoms with Gasteiger partial charge in [-0.25, -0.2) is 0 Å². The van der Waals surface area contributed by atoms with Gasteiger partial charge in [0.15, 0.2) is 5.78 Å². The zero-order valence-corrected chi connectivity index (χ0v) is 16.4. The van der Waals surface area contributed by atoms with E-state index in [-0.39, 0.29) is 17.6 Å². The van der Waals surface area contributed by atoms with Crippen LogP contribution in [0.25, 0.3) is 0 Å². The fourth-order valence-electron chi connectivity index (χ4n) is 2.80. The second-order valence-corrected chi connectivity index (χ2v) is 6.47. The summed E-state index contributed by atoms with van der Waals surface area (Å²) in [7, 11) is 1.72. The molecule has 0 fully saturated rings. The van der Waals surface area contributed by atoms with E-state index in [1.54, 1.807) is 16.8 Å². The Labute approximate surface area is 158 Å². The summed E-state index contributed by atoms with van der Waals surface area (Å²) in [4.78, 5) is 38.2. The lowest BCUT2D eigenvalue weighted by molar-refractivity contribution is -0.126. The normalized spacial score (nSPS) is 11.3. The smallest absolute Gasteiger partial charge is 0.245 e. The van der Waals surface area contributed by atoms with Crippen molar-refractivity contribution < 1.29 is 14.4 Å². The monoisotopic (exact) mass is 362 g/mol. The Morgan fingerprint density at radius 3 is 2.04 bits per heavy atom. The number of allylic oxidation sites excluding steroid dienone is 1. The van der Waals surface area contributed by atoms with Gasteiger partial charge in [-0.3, -0.25) is 14.4 Å². The molecule has 5 nitrogen and oxygen atoms in total. The van der Waals surface area contributed by atoms with Crippen LogP contribution in [0.5, 0.6) is 0 Å². The van der Waals surface area contributed by atoms with Gasteiger partial charge in [0.05, 0.1) is 0 Å². The van der Waals surface area contributed by atoms with Crippen LogP contribution in [0.1, 0.15) is 45.4 Å². The topological polar surface area (TPSA) is 57.7 Å². The number of hydrogen-bond acceptors (Lipinski definition) is 3. The summed E-state index contributed by atoms with van der Waals surface area (Å²) in [6, 6.07) is 0. The zero-order chi connectivity index (χ0) is 19.9. The maximum atomic E-state index is 12.0. The van der Waals surface area contributed by atoms with Gasteiger partial charge in [0.25, 0.3) is 0 Å². The Kier molecular flexibility index (Phi) is 12.9. The highest BCUT2D eigenvalue weighted by Crippen LogP contribution is 2.18. The minimum Gasteiger partial charge on any atom is -0.342 e. The van der Waals surface area contributed by atoms with Crippen molar-refractivity contribution in [2.24, 2.45) is 5.92 Å². The zero-order valence-electron chi connectivity index (χ0n) is 16.4. The van der Waals surface area contributed by atoms with Gasteiger partial charge in [0.2, 0.25) is 11.8 Å². The Hall–Kier alpha value is -2.17. The van der Waals surface area contributed by atoms with Crippen molar-refractivity contribution in [3.05, 3.63) is 38.0 Å². The molecule has 0 heterocycles. The van der Waals surface area contributed by atoms with Crippen molar-refractivity contribution in [3.8, 4) is 0 Å². The van der Waals surface area contributed by atoms with E-state index < -0.39 is 0 Å². The molecule has 0 aliphatic heterocycles. The van der Waals surface area contributed by atoms with Crippen LogP contribution in [0.2, 0.25) is 0 Å². The van der Waals surface area contributed by atoms with Gasteiger partial charge >= 0.3 is 0 Å². The Bertz CT molecular complexity index is 499. The first-order valence-corrected chi connectivity index (χ1v) is 9.33. The van der Waals surface area contributed by atoms with Gasteiger partial charge < -0.3 is 9.80 Å². The largest absolute Gasteiger partial charge is 0.342 e. The molecule has 0 radical (unpaired) electrons. The first-order valence-electron chi connectivity index (χ1n) is 9.33. The molecular formula is C21H34N2O3. The standard InChI is InChI=1S/C21H34N2O3/c1-6-18(13-14-19(24)7-2)12-10-16-23(21(26)9-4)17-11-15-22(5)20(25)8-3/h7-9,18H,2-4,6,10-17H2,1,5H3. The highest BCUT2D eigenvalue weighted by atomic mass is 16.2. The number of nitrogens with zero attached hydrogens (tertiary/aromatic N) is 2. The Balaban J connectivity index is 4.36. The van der Waals surface area contributed by atoms with Gasteiger partial charge in [-0.1, -0.05) is 33.1 Å². The quantitative estimate of drug-likeness (QED) is 0.420. The average Bonchev–Trinajstić information content (AvgIpc) is 2.67. The summed E-state index contributed by atoms with van der Waals surface area (Å²) in [6.07, 6.45) is 9.01. The summed E-state index contributed by atoms with van der Waals surface area (Å²) in [5.41, 5.74) is 0. The molecule has 1 unspecified atom stereocenters. The molecule has 0 saturated carbocycles. The molecule has 0 aliphatic rings. The van der Waals surface area contributed by atoms with Crippen molar-refractivity contribution in [1.82, 2.24) is 9.80 Å². The van der Waals surface area contributed by atoms with Crippen LogP contribution in [0.3, 0.4) is 0 Å². The third-order valence-electron chi connectivity index (χ3n) is 4.60. The second-order valence-electron chi connectivity index (χ2n) is 6.47. The summed E-state index contributed by atoms with van der Waals surface area (Å²) in [5.74, 6) is 0.366. The van der Waals surface area contributed by atoms with Crippen molar-refractivity contribution in [3.63, 3.8) is 0 Å². The maximum absolute atomic E-state index is 12.0. The molecular weight excluding hydrogens is 328 g/mol. The number of amides is 2. The summed E-state index contributed by atoms with van der Waals surface area (Å²) < 4.78 is 0. The fourth-order valence-corrected chi connectivity index (χ4v) is 2.80. The minimum atomic E-state index is -0.119. The number of rotatable bonds is 15. The molecule has 1 atom stereocenters. The molecule has 26 heavy (non-hydrogen) atoms. The molecule has 146 valence electrons. The molecule has 2 amide bonds. The van der Waals surface area contributed by atoms with E-state index in [9.17, 15) is 14.4 Å². The fraction of sp³-hybridized carbons (Fsp3) is 0.571. The van der Waals surface area contributed by atoms with E-state index in [2.05, 4.69) is 26.7 Å². The van der Waals surface area contributed by atoms with Gasteiger partial charge in [-0.2, -0.15) is 0 Å². The van der Waals surface area contributed by atoms with E-state index in [0.29, 0.717) is 38.4 Å². The molecule has 0 aromatic rings. The number of hydrogen-bond donors (Lipinski definition) is 0. The average molecular weight is 363 g/mol. The van der Waals surface area contributed by atoms with E-state index in [1.807, 2.05) is 0 Å². The molecule has 0 saturated heterocycles.